The van der Waals surface area contributed by atoms with Crippen LogP contribution in [0.1, 0.15) is 57.9 Å². The van der Waals surface area contributed by atoms with Crippen LogP contribution >= 0.6 is 0 Å². The second-order valence-electron chi connectivity index (χ2n) is 9.55. The summed E-state index contributed by atoms with van der Waals surface area (Å²) in [6, 6.07) is 14.9. The van der Waals surface area contributed by atoms with E-state index in [4.69, 9.17) is 4.74 Å². The van der Waals surface area contributed by atoms with Crippen LogP contribution in [-0.4, -0.2) is 35.6 Å². The summed E-state index contributed by atoms with van der Waals surface area (Å²) in [5.41, 5.74) is 0.668. The van der Waals surface area contributed by atoms with Gasteiger partial charge in [-0.2, -0.15) is 0 Å². The fourth-order valence-corrected chi connectivity index (χ4v) is 4.93. The molecule has 160 valence electrons. The Kier molecular flexibility index (Phi) is 5.83. The largest absolute Gasteiger partial charge is 0.375 e. The van der Waals surface area contributed by atoms with Gasteiger partial charge < -0.3 is 15.4 Å². The third-order valence-corrected chi connectivity index (χ3v) is 6.48. The van der Waals surface area contributed by atoms with E-state index in [-0.39, 0.29) is 29.0 Å². The molecule has 2 heterocycles. The van der Waals surface area contributed by atoms with Gasteiger partial charge in [-0.25, -0.2) is 0 Å². The first-order chi connectivity index (χ1) is 14.3. The van der Waals surface area contributed by atoms with Crippen molar-refractivity contribution < 1.29 is 14.3 Å². The molecule has 0 aromatic heterocycles. The minimum Gasteiger partial charge on any atom is -0.375 e. The van der Waals surface area contributed by atoms with E-state index in [1.807, 2.05) is 12.1 Å². The van der Waals surface area contributed by atoms with E-state index in [2.05, 4.69) is 54.8 Å². The number of rotatable bonds is 6. The summed E-state index contributed by atoms with van der Waals surface area (Å²) in [6.45, 7) is 4.82. The Hall–Kier alpha value is -2.40. The van der Waals surface area contributed by atoms with Crippen LogP contribution in [0.5, 0.6) is 0 Å². The van der Waals surface area contributed by atoms with Gasteiger partial charge >= 0.3 is 0 Å². The predicted molar refractivity (Wildman–Crippen MR) is 118 cm³/mol. The average molecular weight is 409 g/mol. The Labute approximate surface area is 178 Å². The molecular weight excluding hydrogens is 376 g/mol. The van der Waals surface area contributed by atoms with E-state index in [0.29, 0.717) is 25.9 Å². The molecule has 2 aromatic carbocycles. The molecule has 2 N–H and O–H groups in total. The Morgan fingerprint density at radius 3 is 2.73 bits per heavy atom. The first-order valence-corrected chi connectivity index (χ1v) is 11.0. The quantitative estimate of drug-likeness (QED) is 0.762. The predicted octanol–water partition coefficient (Wildman–Crippen LogP) is 3.89. The lowest BCUT2D eigenvalue weighted by Crippen LogP contribution is -2.47. The zero-order valence-electron chi connectivity index (χ0n) is 18.0. The van der Waals surface area contributed by atoms with Crippen LogP contribution in [0, 0.1) is 0 Å². The van der Waals surface area contributed by atoms with Gasteiger partial charge in [0, 0.05) is 31.0 Å². The Morgan fingerprint density at radius 2 is 2.00 bits per heavy atom. The molecule has 2 amide bonds. The van der Waals surface area contributed by atoms with Crippen LogP contribution in [0.25, 0.3) is 10.8 Å². The van der Waals surface area contributed by atoms with Gasteiger partial charge in [0.15, 0.2) is 0 Å². The lowest BCUT2D eigenvalue weighted by Gasteiger charge is -2.36. The SMILES string of the molecule is CC1(C)C[C@H](NC(=O)CC[C@@]2(Cc3ccc4ccccc4c3)CCC(=O)N2)CCO1. The summed E-state index contributed by atoms with van der Waals surface area (Å²) in [7, 11) is 0. The molecule has 0 unspecified atom stereocenters. The third-order valence-electron chi connectivity index (χ3n) is 6.48. The summed E-state index contributed by atoms with van der Waals surface area (Å²) < 4.78 is 5.74. The molecular formula is C25H32N2O3. The van der Waals surface area contributed by atoms with Crippen LogP contribution in [-0.2, 0) is 20.7 Å². The van der Waals surface area contributed by atoms with Gasteiger partial charge in [-0.15, -0.1) is 0 Å². The standard InChI is InChI=1S/C25H32N2O3/c1-24(2)17-21(11-14-30-24)26-22(28)9-12-25(13-10-23(29)27-25)16-18-7-8-19-5-3-4-6-20(19)15-18/h3-8,15,21H,9-14,16-17H2,1-2H3,(H,26,28)(H,27,29)/t21-,25+/m1/s1. The minimum absolute atomic E-state index is 0.0664. The van der Waals surface area contributed by atoms with Crippen molar-refractivity contribution >= 4 is 22.6 Å². The Morgan fingerprint density at radius 1 is 1.20 bits per heavy atom. The number of ether oxygens (including phenoxy) is 1. The van der Waals surface area contributed by atoms with Gasteiger partial charge in [-0.05, 0) is 62.3 Å². The van der Waals surface area contributed by atoms with Crippen LogP contribution in [0.15, 0.2) is 42.5 Å². The Bertz CT molecular complexity index is 939. The molecule has 5 nitrogen and oxygen atoms in total. The van der Waals surface area contributed by atoms with Crippen LogP contribution in [0.2, 0.25) is 0 Å². The molecule has 2 aromatic rings. The molecule has 0 spiro atoms. The summed E-state index contributed by atoms with van der Waals surface area (Å²) >= 11 is 0. The normalized spacial score (nSPS) is 25.8. The highest BCUT2D eigenvalue weighted by Gasteiger charge is 2.38. The molecule has 2 aliphatic heterocycles. The van der Waals surface area contributed by atoms with Crippen molar-refractivity contribution in [2.24, 2.45) is 0 Å². The summed E-state index contributed by atoms with van der Waals surface area (Å²) in [4.78, 5) is 24.7. The van der Waals surface area contributed by atoms with Crippen molar-refractivity contribution in [1.82, 2.24) is 10.6 Å². The van der Waals surface area contributed by atoms with Gasteiger partial charge in [0.05, 0.1) is 5.60 Å². The van der Waals surface area contributed by atoms with Crippen molar-refractivity contribution in [3.8, 4) is 0 Å². The van der Waals surface area contributed by atoms with E-state index >= 15 is 0 Å². The van der Waals surface area contributed by atoms with Gasteiger partial charge in [0.1, 0.15) is 0 Å². The molecule has 0 aliphatic carbocycles. The third kappa shape index (κ3) is 5.01. The van der Waals surface area contributed by atoms with E-state index in [9.17, 15) is 9.59 Å². The zero-order chi connectivity index (χ0) is 21.2. The Balaban J connectivity index is 1.40. The molecule has 30 heavy (non-hydrogen) atoms. The lowest BCUT2D eigenvalue weighted by molar-refractivity contribution is -0.125. The van der Waals surface area contributed by atoms with Gasteiger partial charge in [0.2, 0.25) is 11.8 Å². The number of nitrogens with one attached hydrogen (secondary N) is 2. The number of fused-ring (bicyclic) bond motifs is 1. The van der Waals surface area contributed by atoms with Crippen LogP contribution in [0.3, 0.4) is 0 Å². The van der Waals surface area contributed by atoms with Gasteiger partial charge in [-0.1, -0.05) is 42.5 Å². The monoisotopic (exact) mass is 408 g/mol. The van der Waals surface area contributed by atoms with Crippen molar-refractivity contribution in [2.75, 3.05) is 6.61 Å². The van der Waals surface area contributed by atoms with Gasteiger partial charge in [-0.3, -0.25) is 9.59 Å². The van der Waals surface area contributed by atoms with E-state index in [0.717, 1.165) is 25.7 Å². The molecule has 2 aliphatic rings. The summed E-state index contributed by atoms with van der Waals surface area (Å²) in [5, 5.41) is 8.80. The molecule has 0 saturated carbocycles. The zero-order valence-corrected chi connectivity index (χ0v) is 18.0. The number of hydrogen-bond acceptors (Lipinski definition) is 3. The van der Waals surface area contributed by atoms with Crippen LogP contribution < -0.4 is 10.6 Å². The molecule has 5 heteroatoms. The van der Waals surface area contributed by atoms with Crippen molar-refractivity contribution in [3.05, 3.63) is 48.0 Å². The number of carbonyl (C=O) groups excluding carboxylic acids is 2. The van der Waals surface area contributed by atoms with E-state index in [1.54, 1.807) is 0 Å². The van der Waals surface area contributed by atoms with Crippen LogP contribution in [0.4, 0.5) is 0 Å². The number of benzene rings is 2. The lowest BCUT2D eigenvalue weighted by atomic mass is 9.84. The van der Waals surface area contributed by atoms with Crippen molar-refractivity contribution in [1.29, 1.82) is 0 Å². The number of hydrogen-bond donors (Lipinski definition) is 2. The molecule has 2 atom stereocenters. The highest BCUT2D eigenvalue weighted by atomic mass is 16.5. The first-order valence-electron chi connectivity index (χ1n) is 11.0. The fraction of sp³-hybridized carbons (Fsp3) is 0.520. The number of amides is 2. The highest BCUT2D eigenvalue weighted by Crippen LogP contribution is 2.31. The van der Waals surface area contributed by atoms with E-state index in [1.165, 1.54) is 16.3 Å². The second kappa shape index (κ2) is 8.38. The van der Waals surface area contributed by atoms with E-state index < -0.39 is 0 Å². The second-order valence-corrected chi connectivity index (χ2v) is 9.55. The smallest absolute Gasteiger partial charge is 0.220 e. The topological polar surface area (TPSA) is 67.4 Å². The maximum absolute atomic E-state index is 12.7. The highest BCUT2D eigenvalue weighted by molar-refractivity contribution is 5.83. The average Bonchev–Trinajstić information content (AvgIpc) is 3.06. The molecule has 2 fully saturated rings. The van der Waals surface area contributed by atoms with Crippen molar-refractivity contribution in [3.63, 3.8) is 0 Å². The summed E-state index contributed by atoms with van der Waals surface area (Å²) in [5.74, 6) is 0.152. The molecule has 0 bridgehead atoms. The molecule has 4 rings (SSSR count). The fourth-order valence-electron chi connectivity index (χ4n) is 4.93. The summed E-state index contributed by atoms with van der Waals surface area (Å²) in [6.07, 6.45) is 4.82. The van der Waals surface area contributed by atoms with Gasteiger partial charge in [0.25, 0.3) is 0 Å². The maximum atomic E-state index is 12.7. The molecule has 2 saturated heterocycles. The minimum atomic E-state index is -0.341. The maximum Gasteiger partial charge on any atom is 0.220 e. The number of carbonyl (C=O) groups is 2. The molecule has 0 radical (unpaired) electrons. The van der Waals surface area contributed by atoms with Crippen molar-refractivity contribution in [2.45, 2.75) is 76.0 Å². The first kappa shape index (κ1) is 20.9.